The number of benzene rings is 1. The molecule has 1 rings (SSSR count). The molecule has 18 heavy (non-hydrogen) atoms. The van der Waals surface area contributed by atoms with Gasteiger partial charge in [-0.2, -0.15) is 0 Å². The van der Waals surface area contributed by atoms with Crippen LogP contribution in [0, 0.1) is 0 Å². The van der Waals surface area contributed by atoms with Crippen molar-refractivity contribution in [3.8, 4) is 5.75 Å². The van der Waals surface area contributed by atoms with E-state index in [-0.39, 0.29) is 11.9 Å². The van der Waals surface area contributed by atoms with E-state index >= 15 is 0 Å². The number of halogens is 1. The summed E-state index contributed by atoms with van der Waals surface area (Å²) in [5, 5.41) is 2.84. The van der Waals surface area contributed by atoms with E-state index in [1.807, 2.05) is 25.1 Å². The molecule has 0 heterocycles. The fraction of sp³-hybridized carbons (Fsp3) is 0.462. The fourth-order valence-corrected chi connectivity index (χ4v) is 1.97. The third kappa shape index (κ3) is 5.06. The zero-order chi connectivity index (χ0) is 13.5. The number of amides is 1. The molecule has 0 radical (unpaired) electrons. The summed E-state index contributed by atoms with van der Waals surface area (Å²) in [6.45, 7) is 2.52. The molecule has 5 heteroatoms. The molecular weight excluding hydrogens is 296 g/mol. The smallest absolute Gasteiger partial charge is 0.224 e. The third-order valence-corrected chi connectivity index (χ3v) is 3.01. The van der Waals surface area contributed by atoms with Gasteiger partial charge in [-0.3, -0.25) is 4.79 Å². The molecule has 0 bridgehead atoms. The predicted molar refractivity (Wildman–Crippen MR) is 75.7 cm³/mol. The molecule has 0 aliphatic heterocycles. The highest BCUT2D eigenvalue weighted by molar-refractivity contribution is 9.10. The summed E-state index contributed by atoms with van der Waals surface area (Å²) in [6.07, 6.45) is 1.09. The molecule has 100 valence electrons. The average molecular weight is 315 g/mol. The van der Waals surface area contributed by atoms with Gasteiger partial charge in [0.05, 0.1) is 13.5 Å². The van der Waals surface area contributed by atoms with Gasteiger partial charge in [-0.15, -0.1) is 0 Å². The van der Waals surface area contributed by atoms with E-state index in [9.17, 15) is 4.79 Å². The van der Waals surface area contributed by atoms with Gasteiger partial charge in [0.1, 0.15) is 5.75 Å². The van der Waals surface area contributed by atoms with Crippen LogP contribution in [0.2, 0.25) is 0 Å². The molecule has 0 spiro atoms. The van der Waals surface area contributed by atoms with Gasteiger partial charge in [-0.05, 0) is 31.5 Å². The van der Waals surface area contributed by atoms with Gasteiger partial charge >= 0.3 is 0 Å². The maximum Gasteiger partial charge on any atom is 0.224 e. The Labute approximate surface area is 116 Å². The maximum absolute atomic E-state index is 11.8. The highest BCUT2D eigenvalue weighted by atomic mass is 79.9. The van der Waals surface area contributed by atoms with Crippen LogP contribution in [0.15, 0.2) is 22.7 Å². The van der Waals surface area contributed by atoms with Crippen molar-refractivity contribution in [1.29, 1.82) is 0 Å². The van der Waals surface area contributed by atoms with E-state index in [1.165, 1.54) is 0 Å². The van der Waals surface area contributed by atoms with E-state index in [2.05, 4.69) is 21.2 Å². The van der Waals surface area contributed by atoms with Gasteiger partial charge in [0.15, 0.2) is 0 Å². The minimum absolute atomic E-state index is 0.0212. The minimum Gasteiger partial charge on any atom is -0.496 e. The summed E-state index contributed by atoms with van der Waals surface area (Å²) in [5.74, 6) is 0.701. The Morgan fingerprint density at radius 1 is 1.56 bits per heavy atom. The second-order valence-corrected chi connectivity index (χ2v) is 5.16. The molecule has 0 saturated heterocycles. The number of ether oxygens (including phenoxy) is 1. The molecule has 1 unspecified atom stereocenters. The lowest BCUT2D eigenvalue weighted by molar-refractivity contribution is -0.120. The maximum atomic E-state index is 11.8. The minimum atomic E-state index is -0.0212. The van der Waals surface area contributed by atoms with Crippen LogP contribution in [-0.2, 0) is 11.2 Å². The molecule has 1 amide bonds. The standard InChI is InChI=1S/C13H19BrN2O2/c1-9(15)5-6-16-13(17)8-10-7-11(14)3-4-12(10)18-2/h3-4,7,9H,5-6,8,15H2,1-2H3,(H,16,17). The van der Waals surface area contributed by atoms with Crippen molar-refractivity contribution in [3.63, 3.8) is 0 Å². The predicted octanol–water partition coefficient (Wildman–Crippen LogP) is 1.85. The SMILES string of the molecule is COc1ccc(Br)cc1CC(=O)NCCC(C)N. The Bertz CT molecular complexity index is 408. The first-order valence-corrected chi connectivity index (χ1v) is 6.67. The topological polar surface area (TPSA) is 64.3 Å². The summed E-state index contributed by atoms with van der Waals surface area (Å²) < 4.78 is 6.16. The third-order valence-electron chi connectivity index (χ3n) is 2.52. The van der Waals surface area contributed by atoms with Crippen molar-refractivity contribution in [2.24, 2.45) is 5.73 Å². The average Bonchev–Trinajstić information content (AvgIpc) is 2.28. The summed E-state index contributed by atoms with van der Waals surface area (Å²) in [7, 11) is 1.60. The molecule has 4 nitrogen and oxygen atoms in total. The largest absolute Gasteiger partial charge is 0.496 e. The molecule has 0 aromatic heterocycles. The number of hydrogen-bond donors (Lipinski definition) is 2. The monoisotopic (exact) mass is 314 g/mol. The van der Waals surface area contributed by atoms with Gasteiger partial charge in [0.25, 0.3) is 0 Å². The van der Waals surface area contributed by atoms with E-state index in [0.29, 0.717) is 13.0 Å². The number of carbonyl (C=O) groups excluding carboxylic acids is 1. The quantitative estimate of drug-likeness (QED) is 0.842. The number of hydrogen-bond acceptors (Lipinski definition) is 3. The van der Waals surface area contributed by atoms with Crippen LogP contribution < -0.4 is 15.8 Å². The zero-order valence-corrected chi connectivity index (χ0v) is 12.3. The normalized spacial score (nSPS) is 12.0. The number of rotatable bonds is 6. The van der Waals surface area contributed by atoms with Crippen LogP contribution >= 0.6 is 15.9 Å². The van der Waals surface area contributed by atoms with Crippen LogP contribution in [-0.4, -0.2) is 25.6 Å². The molecule has 1 aromatic carbocycles. The van der Waals surface area contributed by atoms with Gasteiger partial charge in [0.2, 0.25) is 5.91 Å². The van der Waals surface area contributed by atoms with Gasteiger partial charge in [-0.25, -0.2) is 0 Å². The number of carbonyl (C=O) groups is 1. The summed E-state index contributed by atoms with van der Waals surface area (Å²) >= 11 is 3.38. The zero-order valence-electron chi connectivity index (χ0n) is 10.7. The second-order valence-electron chi connectivity index (χ2n) is 4.25. The lowest BCUT2D eigenvalue weighted by Gasteiger charge is -2.10. The molecule has 0 aliphatic rings. The van der Waals surface area contributed by atoms with Crippen molar-refractivity contribution >= 4 is 21.8 Å². The number of nitrogens with one attached hydrogen (secondary N) is 1. The molecule has 3 N–H and O–H groups in total. The Kier molecular flexibility index (Phi) is 6.15. The van der Waals surface area contributed by atoms with Crippen molar-refractivity contribution in [3.05, 3.63) is 28.2 Å². The first-order chi connectivity index (χ1) is 8.52. The van der Waals surface area contributed by atoms with Crippen molar-refractivity contribution < 1.29 is 9.53 Å². The molecule has 1 atom stereocenters. The number of nitrogens with two attached hydrogens (primary N) is 1. The fourth-order valence-electron chi connectivity index (χ4n) is 1.56. The van der Waals surface area contributed by atoms with E-state index in [0.717, 1.165) is 22.2 Å². The first kappa shape index (κ1) is 15.0. The van der Waals surface area contributed by atoms with Crippen molar-refractivity contribution in [2.75, 3.05) is 13.7 Å². The second kappa shape index (κ2) is 7.38. The van der Waals surface area contributed by atoms with Crippen molar-refractivity contribution in [2.45, 2.75) is 25.8 Å². The molecule has 0 aliphatic carbocycles. The lowest BCUT2D eigenvalue weighted by atomic mass is 10.1. The first-order valence-electron chi connectivity index (χ1n) is 5.87. The van der Waals surface area contributed by atoms with Gasteiger partial charge in [0, 0.05) is 22.6 Å². The molecule has 0 saturated carbocycles. The van der Waals surface area contributed by atoms with Crippen LogP contribution in [0.4, 0.5) is 0 Å². The van der Waals surface area contributed by atoms with Crippen LogP contribution in [0.5, 0.6) is 5.75 Å². The summed E-state index contributed by atoms with van der Waals surface area (Å²) in [5.41, 5.74) is 6.49. The number of methoxy groups -OCH3 is 1. The van der Waals surface area contributed by atoms with Crippen LogP contribution in [0.3, 0.4) is 0 Å². The molecule has 1 aromatic rings. The van der Waals surface area contributed by atoms with E-state index < -0.39 is 0 Å². The van der Waals surface area contributed by atoms with E-state index in [4.69, 9.17) is 10.5 Å². The highest BCUT2D eigenvalue weighted by Crippen LogP contribution is 2.23. The summed E-state index contributed by atoms with van der Waals surface area (Å²) in [4.78, 5) is 11.8. The van der Waals surface area contributed by atoms with Crippen LogP contribution in [0.25, 0.3) is 0 Å². The molecule has 0 fully saturated rings. The highest BCUT2D eigenvalue weighted by Gasteiger charge is 2.09. The Balaban J connectivity index is 2.55. The van der Waals surface area contributed by atoms with Gasteiger partial charge < -0.3 is 15.8 Å². The summed E-state index contributed by atoms with van der Waals surface area (Å²) in [6, 6.07) is 5.72. The molecular formula is C13H19BrN2O2. The lowest BCUT2D eigenvalue weighted by Crippen LogP contribution is -2.30. The van der Waals surface area contributed by atoms with Crippen LogP contribution in [0.1, 0.15) is 18.9 Å². The van der Waals surface area contributed by atoms with Crippen molar-refractivity contribution in [1.82, 2.24) is 5.32 Å². The Hall–Kier alpha value is -1.07. The Morgan fingerprint density at radius 2 is 2.28 bits per heavy atom. The Morgan fingerprint density at radius 3 is 2.89 bits per heavy atom. The van der Waals surface area contributed by atoms with E-state index in [1.54, 1.807) is 7.11 Å². The van der Waals surface area contributed by atoms with Gasteiger partial charge in [-0.1, -0.05) is 15.9 Å².